The molecule has 1 atom stereocenters. The standard InChI is InChI=1S/C22H30N4O3/c1-21(2,3)29-20(28)25-9-7-22(8-10-25)13-17(22)14-23-19(27)16-5-6-18-24(4)11-12-26(18)15-16/h5-6,11-13,15,18H,7-10,14H2,1-4H3,(H,23,27). The first-order chi connectivity index (χ1) is 13.7. The molecule has 1 N–H and O–H groups in total. The van der Waals surface area contributed by atoms with Crippen LogP contribution in [0.25, 0.3) is 0 Å². The van der Waals surface area contributed by atoms with Crippen LogP contribution >= 0.6 is 0 Å². The maximum Gasteiger partial charge on any atom is 0.410 e. The van der Waals surface area contributed by atoms with Crippen LogP contribution in [-0.4, -0.2) is 65.1 Å². The Balaban J connectivity index is 1.23. The molecular formula is C22H30N4O3. The minimum Gasteiger partial charge on any atom is -0.444 e. The third-order valence-electron chi connectivity index (χ3n) is 5.95. The molecule has 3 heterocycles. The highest BCUT2D eigenvalue weighted by Crippen LogP contribution is 2.51. The van der Waals surface area contributed by atoms with Crippen molar-refractivity contribution in [2.75, 3.05) is 26.7 Å². The average molecular weight is 399 g/mol. The van der Waals surface area contributed by atoms with Gasteiger partial charge in [-0.1, -0.05) is 6.08 Å². The lowest BCUT2D eigenvalue weighted by molar-refractivity contribution is -0.117. The number of ether oxygens (including phenoxy) is 1. The monoisotopic (exact) mass is 398 g/mol. The van der Waals surface area contributed by atoms with E-state index in [-0.39, 0.29) is 23.6 Å². The largest absolute Gasteiger partial charge is 0.444 e. The van der Waals surface area contributed by atoms with E-state index < -0.39 is 5.60 Å². The summed E-state index contributed by atoms with van der Waals surface area (Å²) in [5.41, 5.74) is 1.54. The number of carbonyl (C=O) groups excluding carboxylic acids is 2. The first-order valence-corrected chi connectivity index (χ1v) is 10.2. The summed E-state index contributed by atoms with van der Waals surface area (Å²) in [7, 11) is 2.01. The van der Waals surface area contributed by atoms with Crippen molar-refractivity contribution in [2.45, 2.75) is 45.4 Å². The molecule has 0 aromatic heterocycles. The SMILES string of the molecule is CN1C=CN2C=C(C(=O)NCC3=CC34CCN(C(=O)OC(C)(C)C)CC4)C=CC12. The van der Waals surface area contributed by atoms with Crippen LogP contribution in [-0.2, 0) is 9.53 Å². The Morgan fingerprint density at radius 3 is 2.66 bits per heavy atom. The van der Waals surface area contributed by atoms with E-state index in [0.717, 1.165) is 12.8 Å². The van der Waals surface area contributed by atoms with Crippen LogP contribution in [0.1, 0.15) is 33.6 Å². The quantitative estimate of drug-likeness (QED) is 0.741. The van der Waals surface area contributed by atoms with Gasteiger partial charge in [-0.15, -0.1) is 0 Å². The average Bonchev–Trinajstić information content (AvgIpc) is 3.20. The number of carbonyl (C=O) groups is 2. The second-order valence-electron chi connectivity index (χ2n) is 9.24. The number of amides is 2. The number of hydrogen-bond donors (Lipinski definition) is 1. The highest BCUT2D eigenvalue weighted by atomic mass is 16.6. The molecule has 156 valence electrons. The summed E-state index contributed by atoms with van der Waals surface area (Å²) < 4.78 is 5.46. The first kappa shape index (κ1) is 19.6. The number of hydrogen-bond acceptors (Lipinski definition) is 5. The minimum atomic E-state index is -0.470. The molecule has 2 amide bonds. The Morgan fingerprint density at radius 2 is 1.97 bits per heavy atom. The molecule has 0 bridgehead atoms. The Morgan fingerprint density at radius 1 is 1.24 bits per heavy atom. The molecule has 1 saturated heterocycles. The molecule has 4 aliphatic rings. The predicted molar refractivity (Wildman–Crippen MR) is 110 cm³/mol. The zero-order valence-corrected chi connectivity index (χ0v) is 17.6. The number of rotatable bonds is 3. The number of nitrogens with one attached hydrogen (secondary N) is 1. The Kier molecular flexibility index (Phi) is 4.71. The van der Waals surface area contributed by atoms with E-state index >= 15 is 0 Å². The molecular weight excluding hydrogens is 368 g/mol. The summed E-state index contributed by atoms with van der Waals surface area (Å²) in [6.45, 7) is 7.59. The van der Waals surface area contributed by atoms with Gasteiger partial charge in [-0.2, -0.15) is 0 Å². The van der Waals surface area contributed by atoms with Gasteiger partial charge in [-0.25, -0.2) is 4.79 Å². The van der Waals surface area contributed by atoms with E-state index in [1.54, 1.807) is 4.90 Å². The zero-order chi connectivity index (χ0) is 20.8. The summed E-state index contributed by atoms with van der Waals surface area (Å²) in [6, 6.07) is 0. The molecule has 1 fully saturated rings. The smallest absolute Gasteiger partial charge is 0.410 e. The van der Waals surface area contributed by atoms with E-state index in [4.69, 9.17) is 4.74 Å². The van der Waals surface area contributed by atoms with Crippen molar-refractivity contribution in [2.24, 2.45) is 5.41 Å². The zero-order valence-electron chi connectivity index (χ0n) is 17.6. The maximum atomic E-state index is 12.6. The van der Waals surface area contributed by atoms with Gasteiger partial charge in [0.2, 0.25) is 0 Å². The van der Waals surface area contributed by atoms with Gasteiger partial charge in [0.15, 0.2) is 0 Å². The van der Waals surface area contributed by atoms with Crippen LogP contribution in [0.15, 0.2) is 48.0 Å². The van der Waals surface area contributed by atoms with Gasteiger partial charge < -0.3 is 24.8 Å². The van der Waals surface area contributed by atoms with Crippen molar-refractivity contribution in [3.05, 3.63) is 48.0 Å². The Bertz CT molecular complexity index is 825. The van der Waals surface area contributed by atoms with Crippen molar-refractivity contribution in [3.8, 4) is 0 Å². The maximum absolute atomic E-state index is 12.6. The molecule has 4 rings (SSSR count). The summed E-state index contributed by atoms with van der Waals surface area (Å²) in [5, 5.41) is 3.05. The lowest BCUT2D eigenvalue weighted by Crippen LogP contribution is -2.43. The third kappa shape index (κ3) is 4.04. The topological polar surface area (TPSA) is 65.1 Å². The van der Waals surface area contributed by atoms with Crippen LogP contribution in [0.5, 0.6) is 0 Å². The van der Waals surface area contributed by atoms with Gasteiger partial charge in [-0.3, -0.25) is 4.79 Å². The van der Waals surface area contributed by atoms with Crippen molar-refractivity contribution in [1.29, 1.82) is 0 Å². The van der Waals surface area contributed by atoms with Gasteiger partial charge in [0.05, 0.1) is 5.57 Å². The second-order valence-corrected chi connectivity index (χ2v) is 9.24. The Hall–Kier alpha value is -2.70. The fraction of sp³-hybridized carbons (Fsp3) is 0.545. The van der Waals surface area contributed by atoms with Gasteiger partial charge in [0.1, 0.15) is 11.8 Å². The number of piperidine rings is 1. The minimum absolute atomic E-state index is 0.0585. The fourth-order valence-corrected chi connectivity index (χ4v) is 4.13. The van der Waals surface area contributed by atoms with Gasteiger partial charge in [0, 0.05) is 50.7 Å². The van der Waals surface area contributed by atoms with Crippen molar-refractivity contribution in [3.63, 3.8) is 0 Å². The van der Waals surface area contributed by atoms with Crippen molar-refractivity contribution >= 4 is 12.0 Å². The highest BCUT2D eigenvalue weighted by molar-refractivity contribution is 5.96. The lowest BCUT2D eigenvalue weighted by Gasteiger charge is -2.34. The van der Waals surface area contributed by atoms with Crippen LogP contribution < -0.4 is 5.32 Å². The molecule has 0 radical (unpaired) electrons. The number of nitrogens with zero attached hydrogens (tertiary/aromatic N) is 3. The summed E-state index contributed by atoms with van der Waals surface area (Å²) in [4.78, 5) is 30.7. The number of likely N-dealkylation sites (tertiary alicyclic amines) is 1. The van der Waals surface area contributed by atoms with Crippen LogP contribution in [0, 0.1) is 5.41 Å². The molecule has 1 spiro atoms. The Labute approximate surface area is 172 Å². The van der Waals surface area contributed by atoms with Gasteiger partial charge >= 0.3 is 6.09 Å². The van der Waals surface area contributed by atoms with Crippen molar-refractivity contribution < 1.29 is 14.3 Å². The predicted octanol–water partition coefficient (Wildman–Crippen LogP) is 2.56. The summed E-state index contributed by atoms with van der Waals surface area (Å²) in [6.07, 6.45) is 13.7. The van der Waals surface area contributed by atoms with Crippen LogP contribution in [0.4, 0.5) is 4.79 Å². The molecule has 3 aliphatic heterocycles. The molecule has 7 heteroatoms. The molecule has 1 unspecified atom stereocenters. The summed E-state index contributed by atoms with van der Waals surface area (Å²) >= 11 is 0. The number of allylic oxidation sites excluding steroid dienone is 1. The lowest BCUT2D eigenvalue weighted by atomic mass is 9.88. The molecule has 1 aliphatic carbocycles. The molecule has 7 nitrogen and oxygen atoms in total. The fourth-order valence-electron chi connectivity index (χ4n) is 4.13. The molecule has 0 aromatic rings. The molecule has 0 aromatic carbocycles. The normalized spacial score (nSPS) is 24.3. The first-order valence-electron chi connectivity index (χ1n) is 10.2. The number of fused-ring (bicyclic) bond motifs is 1. The van der Waals surface area contributed by atoms with E-state index in [2.05, 4.69) is 16.3 Å². The van der Waals surface area contributed by atoms with Crippen LogP contribution in [0.3, 0.4) is 0 Å². The third-order valence-corrected chi connectivity index (χ3v) is 5.95. The highest BCUT2D eigenvalue weighted by Gasteiger charge is 2.46. The van der Waals surface area contributed by atoms with E-state index in [1.165, 1.54) is 5.57 Å². The second kappa shape index (κ2) is 6.97. The van der Waals surface area contributed by atoms with Gasteiger partial charge in [-0.05, 0) is 51.3 Å². The number of likely N-dealkylation sites (N-methyl/N-ethyl adjacent to an activating group) is 1. The van der Waals surface area contributed by atoms with E-state index in [0.29, 0.717) is 25.2 Å². The summed E-state index contributed by atoms with van der Waals surface area (Å²) in [5.74, 6) is -0.0585. The van der Waals surface area contributed by atoms with Crippen molar-refractivity contribution in [1.82, 2.24) is 20.0 Å². The van der Waals surface area contributed by atoms with Gasteiger partial charge in [0.25, 0.3) is 5.91 Å². The van der Waals surface area contributed by atoms with E-state index in [1.807, 2.05) is 63.5 Å². The molecule has 0 saturated carbocycles. The van der Waals surface area contributed by atoms with Crippen LogP contribution in [0.2, 0.25) is 0 Å². The van der Waals surface area contributed by atoms with E-state index in [9.17, 15) is 9.59 Å². The molecule has 29 heavy (non-hydrogen) atoms.